The minimum Gasteiger partial charge on any atom is -0.397 e. The van der Waals surface area contributed by atoms with Gasteiger partial charge in [-0.1, -0.05) is 0 Å². The van der Waals surface area contributed by atoms with Crippen molar-refractivity contribution < 1.29 is 23.1 Å². The molecule has 6 nitrogen and oxygen atoms in total. The van der Waals surface area contributed by atoms with E-state index in [4.69, 9.17) is 5.73 Å². The molecule has 1 unspecified atom stereocenters. The Morgan fingerprint density at radius 1 is 1.32 bits per heavy atom. The number of nitrogen functional groups attached to an aromatic ring is 1. The topological polar surface area (TPSA) is 90.6 Å². The maximum Gasteiger partial charge on any atom is 0.391 e. The second kappa shape index (κ2) is 8.89. The van der Waals surface area contributed by atoms with Crippen LogP contribution in [0.1, 0.15) is 43.0 Å². The number of carbonyl (C=O) groups excluding carboxylic acids is 1. The monoisotopic (exact) mass is 402 g/mol. The average molecular weight is 402 g/mol. The van der Waals surface area contributed by atoms with Crippen LogP contribution in [0, 0.1) is 5.92 Å². The molecule has 28 heavy (non-hydrogen) atoms. The lowest BCUT2D eigenvalue weighted by Gasteiger charge is -2.31. The number of nitrogens with zero attached hydrogens (tertiary/aromatic N) is 1. The lowest BCUT2D eigenvalue weighted by molar-refractivity contribution is -0.182. The molecule has 1 atom stereocenters. The van der Waals surface area contributed by atoms with E-state index >= 15 is 0 Å². The first kappa shape index (κ1) is 22.1. The van der Waals surface area contributed by atoms with Crippen molar-refractivity contribution in [2.75, 3.05) is 36.6 Å². The molecule has 0 radical (unpaired) electrons. The Kier molecular flexibility index (Phi) is 7.03. The van der Waals surface area contributed by atoms with E-state index in [1.807, 2.05) is 0 Å². The van der Waals surface area contributed by atoms with Crippen LogP contribution in [0.2, 0.25) is 0 Å². The van der Waals surface area contributed by atoms with Gasteiger partial charge in [-0.05, 0) is 44.7 Å². The van der Waals surface area contributed by atoms with Crippen LogP contribution in [-0.4, -0.2) is 50.0 Å². The Balaban J connectivity index is 2.17. The molecule has 0 aliphatic heterocycles. The molecule has 0 bridgehead atoms. The lowest BCUT2D eigenvalue weighted by Crippen LogP contribution is -2.40. The molecule has 1 aliphatic rings. The molecule has 0 aromatic heterocycles. The summed E-state index contributed by atoms with van der Waals surface area (Å²) in [7, 11) is 3.46. The molecule has 9 heteroatoms. The summed E-state index contributed by atoms with van der Waals surface area (Å²) in [5, 5.41) is 15.5. The molecule has 1 aromatic carbocycles. The van der Waals surface area contributed by atoms with Gasteiger partial charge in [0.05, 0.1) is 34.6 Å². The third-order valence-electron chi connectivity index (χ3n) is 5.16. The highest BCUT2D eigenvalue weighted by atomic mass is 19.4. The Morgan fingerprint density at radius 3 is 2.43 bits per heavy atom. The first-order chi connectivity index (χ1) is 13.0. The van der Waals surface area contributed by atoms with E-state index < -0.39 is 18.2 Å². The number of nitrogens with two attached hydrogens (primary N) is 1. The summed E-state index contributed by atoms with van der Waals surface area (Å²) in [6.07, 6.45) is -4.16. The normalized spacial score (nSPS) is 21.1. The smallest absolute Gasteiger partial charge is 0.391 e. The number of nitrogens with one attached hydrogen (secondary N) is 2. The van der Waals surface area contributed by atoms with Gasteiger partial charge in [0, 0.05) is 26.7 Å². The Morgan fingerprint density at radius 2 is 1.93 bits per heavy atom. The van der Waals surface area contributed by atoms with Crippen molar-refractivity contribution in [1.82, 2.24) is 5.32 Å². The Labute approximate surface area is 163 Å². The molecule has 1 fully saturated rings. The van der Waals surface area contributed by atoms with Gasteiger partial charge < -0.3 is 26.4 Å². The quantitative estimate of drug-likeness (QED) is 0.549. The summed E-state index contributed by atoms with van der Waals surface area (Å²) in [6.45, 7) is 1.95. The highest BCUT2D eigenvalue weighted by molar-refractivity contribution is 6.02. The van der Waals surface area contributed by atoms with Crippen molar-refractivity contribution in [2.24, 2.45) is 5.92 Å². The van der Waals surface area contributed by atoms with E-state index in [2.05, 4.69) is 10.6 Å². The van der Waals surface area contributed by atoms with Gasteiger partial charge in [-0.15, -0.1) is 0 Å². The fourth-order valence-corrected chi connectivity index (χ4v) is 3.64. The van der Waals surface area contributed by atoms with Crippen molar-refractivity contribution in [3.05, 3.63) is 17.7 Å². The standard InChI is InChI=1S/C19H29F3N4O2/c1-11(27)10-26(3)17-9-16(24-2)15(23)8-14(17)18(28)25-13-6-4-12(5-7-13)19(20,21)22/h8-9,11-13,24,27H,4-7,10,23H2,1-3H3,(H,25,28)/t11?,12-,13-. The third-order valence-corrected chi connectivity index (χ3v) is 5.16. The molecule has 0 saturated heterocycles. The van der Waals surface area contributed by atoms with E-state index in [1.54, 1.807) is 38.1 Å². The van der Waals surface area contributed by atoms with E-state index in [9.17, 15) is 23.1 Å². The number of amides is 1. The molecule has 0 spiro atoms. The maximum absolute atomic E-state index is 12.9. The predicted octanol–water partition coefficient (Wildman–Crippen LogP) is 2.98. The van der Waals surface area contributed by atoms with Gasteiger partial charge in [-0.25, -0.2) is 0 Å². The van der Waals surface area contributed by atoms with Crippen LogP contribution in [0.25, 0.3) is 0 Å². The van der Waals surface area contributed by atoms with Gasteiger partial charge in [0.25, 0.3) is 5.91 Å². The van der Waals surface area contributed by atoms with Gasteiger partial charge in [0.2, 0.25) is 0 Å². The van der Waals surface area contributed by atoms with Crippen molar-refractivity contribution in [3.8, 4) is 0 Å². The molecular weight excluding hydrogens is 373 g/mol. The second-order valence-corrected chi connectivity index (χ2v) is 7.50. The number of halogens is 3. The number of benzene rings is 1. The second-order valence-electron chi connectivity index (χ2n) is 7.50. The Hall–Kier alpha value is -2.16. The molecule has 1 amide bonds. The van der Waals surface area contributed by atoms with Crippen molar-refractivity contribution in [2.45, 2.75) is 50.9 Å². The molecule has 1 aliphatic carbocycles. The van der Waals surface area contributed by atoms with Gasteiger partial charge in [0.1, 0.15) is 0 Å². The van der Waals surface area contributed by atoms with Crippen molar-refractivity contribution in [3.63, 3.8) is 0 Å². The maximum atomic E-state index is 12.9. The lowest BCUT2D eigenvalue weighted by atomic mass is 9.85. The molecule has 2 rings (SSSR count). The molecule has 1 saturated carbocycles. The average Bonchev–Trinajstić information content (AvgIpc) is 2.60. The molecule has 158 valence electrons. The highest BCUT2D eigenvalue weighted by Gasteiger charge is 2.41. The zero-order chi connectivity index (χ0) is 21.1. The summed E-state index contributed by atoms with van der Waals surface area (Å²) >= 11 is 0. The number of likely N-dealkylation sites (N-methyl/N-ethyl adjacent to an activating group) is 1. The fraction of sp³-hybridized carbons (Fsp3) is 0.632. The van der Waals surface area contributed by atoms with Gasteiger partial charge in [0.15, 0.2) is 0 Å². The van der Waals surface area contributed by atoms with E-state index in [0.717, 1.165) is 0 Å². The van der Waals surface area contributed by atoms with Crippen LogP contribution in [0.3, 0.4) is 0 Å². The van der Waals surface area contributed by atoms with Crippen molar-refractivity contribution >= 4 is 23.0 Å². The zero-order valence-electron chi connectivity index (χ0n) is 16.4. The minimum absolute atomic E-state index is 0.0179. The molecule has 1 aromatic rings. The summed E-state index contributed by atoms with van der Waals surface area (Å²) in [5.74, 6) is -1.67. The summed E-state index contributed by atoms with van der Waals surface area (Å²) in [5.41, 5.74) is 7.96. The number of aliphatic hydroxyl groups is 1. The Bertz CT molecular complexity index is 686. The summed E-state index contributed by atoms with van der Waals surface area (Å²) < 4.78 is 38.5. The summed E-state index contributed by atoms with van der Waals surface area (Å²) in [6, 6.07) is 2.98. The molecule has 0 heterocycles. The van der Waals surface area contributed by atoms with Crippen LogP contribution in [0.4, 0.5) is 30.2 Å². The first-order valence-corrected chi connectivity index (χ1v) is 9.41. The van der Waals surface area contributed by atoms with Crippen LogP contribution >= 0.6 is 0 Å². The highest BCUT2D eigenvalue weighted by Crippen LogP contribution is 2.37. The van der Waals surface area contributed by atoms with Gasteiger partial charge >= 0.3 is 6.18 Å². The number of alkyl halides is 3. The van der Waals surface area contributed by atoms with Crippen LogP contribution in [-0.2, 0) is 0 Å². The fourth-order valence-electron chi connectivity index (χ4n) is 3.64. The first-order valence-electron chi connectivity index (χ1n) is 9.41. The molecular formula is C19H29F3N4O2. The van der Waals surface area contributed by atoms with Gasteiger partial charge in [-0.3, -0.25) is 4.79 Å². The van der Waals surface area contributed by atoms with E-state index in [0.29, 0.717) is 42.0 Å². The number of hydrogen-bond acceptors (Lipinski definition) is 5. The molecule has 5 N–H and O–H groups in total. The zero-order valence-corrected chi connectivity index (χ0v) is 16.4. The number of hydrogen-bond donors (Lipinski definition) is 4. The largest absolute Gasteiger partial charge is 0.397 e. The van der Waals surface area contributed by atoms with Crippen LogP contribution < -0.4 is 21.3 Å². The number of carbonyl (C=O) groups is 1. The van der Waals surface area contributed by atoms with E-state index in [1.165, 1.54) is 0 Å². The van der Waals surface area contributed by atoms with Crippen LogP contribution in [0.15, 0.2) is 12.1 Å². The van der Waals surface area contributed by atoms with Crippen molar-refractivity contribution in [1.29, 1.82) is 0 Å². The number of aliphatic hydroxyl groups excluding tert-OH is 1. The number of rotatable bonds is 6. The number of anilines is 3. The minimum atomic E-state index is -4.18. The van der Waals surface area contributed by atoms with E-state index in [-0.39, 0.29) is 24.8 Å². The third kappa shape index (κ3) is 5.43. The SMILES string of the molecule is CNc1cc(N(C)CC(C)O)c(C(=O)N[C@H]2CC[C@H](C(F)(F)F)CC2)cc1N. The van der Waals surface area contributed by atoms with Crippen LogP contribution in [0.5, 0.6) is 0 Å². The van der Waals surface area contributed by atoms with Gasteiger partial charge in [-0.2, -0.15) is 13.2 Å². The summed E-state index contributed by atoms with van der Waals surface area (Å²) in [4.78, 5) is 14.6. The predicted molar refractivity (Wildman–Crippen MR) is 105 cm³/mol.